The Bertz CT molecular complexity index is 1270. The van der Waals surface area contributed by atoms with E-state index in [0.717, 1.165) is 29.7 Å². The number of ether oxygens (including phenoxy) is 1. The Kier molecular flexibility index (Phi) is 7.23. The zero-order valence-electron chi connectivity index (χ0n) is 20.6. The number of aromatic nitrogens is 2. The number of fused-ring (bicyclic) bond motifs is 1. The first kappa shape index (κ1) is 25.2. The molecule has 5 N–H and O–H groups in total. The van der Waals surface area contributed by atoms with Crippen LogP contribution < -0.4 is 21.7 Å². The largest absolute Gasteiger partial charge is 0.444 e. The molecule has 36 heavy (non-hydrogen) atoms. The second-order valence-electron chi connectivity index (χ2n) is 9.90. The molecule has 0 aliphatic heterocycles. The van der Waals surface area contributed by atoms with Gasteiger partial charge in [0, 0.05) is 23.0 Å². The summed E-state index contributed by atoms with van der Waals surface area (Å²) >= 11 is 0. The summed E-state index contributed by atoms with van der Waals surface area (Å²) in [5.74, 6) is -1.46. The first-order valence-corrected chi connectivity index (χ1v) is 12.0. The maximum atomic E-state index is 15.1. The highest BCUT2D eigenvalue weighted by molar-refractivity contribution is 6.01. The normalized spacial score (nSPS) is 17.9. The molecule has 2 amide bonds. The molecule has 1 aliphatic carbocycles. The second-order valence-corrected chi connectivity index (χ2v) is 9.90. The highest BCUT2D eigenvalue weighted by Crippen LogP contribution is 2.30. The van der Waals surface area contributed by atoms with Gasteiger partial charge in [-0.3, -0.25) is 9.78 Å². The monoisotopic (exact) mass is 494 g/mol. The van der Waals surface area contributed by atoms with Crippen LogP contribution in [0.4, 0.5) is 26.5 Å². The fraction of sp³-hybridized carbons (Fsp3) is 0.385. The predicted octanol–water partition coefficient (Wildman–Crippen LogP) is 4.86. The van der Waals surface area contributed by atoms with Gasteiger partial charge in [0.05, 0.1) is 23.5 Å². The fourth-order valence-electron chi connectivity index (χ4n) is 4.33. The van der Waals surface area contributed by atoms with Gasteiger partial charge in [-0.2, -0.15) is 0 Å². The van der Waals surface area contributed by atoms with E-state index in [-0.39, 0.29) is 29.3 Å². The first-order valence-electron chi connectivity index (χ1n) is 12.0. The molecule has 1 aromatic carbocycles. The van der Waals surface area contributed by atoms with Gasteiger partial charge >= 0.3 is 6.09 Å². The van der Waals surface area contributed by atoms with E-state index in [1.807, 2.05) is 24.3 Å². The average molecular weight is 495 g/mol. The van der Waals surface area contributed by atoms with Crippen molar-refractivity contribution in [2.45, 2.75) is 64.1 Å². The number of halogens is 1. The number of pyridine rings is 2. The number of alkyl carbamates (subject to hydrolysis) is 1. The van der Waals surface area contributed by atoms with Crippen LogP contribution in [0.15, 0.2) is 42.7 Å². The summed E-state index contributed by atoms with van der Waals surface area (Å²) in [6.07, 6.45) is 6.06. The van der Waals surface area contributed by atoms with Gasteiger partial charge in [-0.1, -0.05) is 37.1 Å². The number of carbonyl (C=O) groups excluding carboxylic acids is 2. The second kappa shape index (κ2) is 10.3. The lowest BCUT2D eigenvalue weighted by Gasteiger charge is -2.34. The first-order chi connectivity index (χ1) is 17.1. The number of anilines is 3. The quantitative estimate of drug-likeness (QED) is 0.385. The van der Waals surface area contributed by atoms with Crippen molar-refractivity contribution in [3.8, 4) is 0 Å². The van der Waals surface area contributed by atoms with Crippen molar-refractivity contribution in [1.29, 1.82) is 0 Å². The van der Waals surface area contributed by atoms with Gasteiger partial charge in [0.2, 0.25) is 0 Å². The van der Waals surface area contributed by atoms with Crippen LogP contribution in [0.3, 0.4) is 0 Å². The van der Waals surface area contributed by atoms with Crippen molar-refractivity contribution in [2.75, 3.05) is 10.6 Å². The van der Waals surface area contributed by atoms with E-state index in [9.17, 15) is 9.59 Å². The molecule has 2 heterocycles. The Labute approximate surface area is 209 Å². The zero-order valence-corrected chi connectivity index (χ0v) is 20.6. The third kappa shape index (κ3) is 5.99. The molecule has 0 saturated heterocycles. The van der Waals surface area contributed by atoms with E-state index >= 15 is 4.39 Å². The highest BCUT2D eigenvalue weighted by Gasteiger charge is 2.30. The number of nitrogens with two attached hydrogens (primary N) is 1. The molecule has 1 saturated carbocycles. The number of nitrogens with one attached hydrogen (secondary N) is 3. The molecule has 190 valence electrons. The van der Waals surface area contributed by atoms with E-state index in [1.165, 1.54) is 0 Å². The van der Waals surface area contributed by atoms with Crippen molar-refractivity contribution in [1.82, 2.24) is 15.3 Å². The number of benzene rings is 1. The zero-order chi connectivity index (χ0) is 25.9. The van der Waals surface area contributed by atoms with E-state index in [1.54, 1.807) is 33.2 Å². The third-order valence-corrected chi connectivity index (χ3v) is 5.95. The molecular weight excluding hydrogens is 463 g/mol. The summed E-state index contributed by atoms with van der Waals surface area (Å²) in [6.45, 7) is 5.38. The molecule has 0 unspecified atom stereocenters. The van der Waals surface area contributed by atoms with Crippen LogP contribution in [0.25, 0.3) is 10.8 Å². The Hall–Kier alpha value is -3.95. The van der Waals surface area contributed by atoms with Crippen LogP contribution >= 0.6 is 0 Å². The number of primary amides is 1. The molecular formula is C26H31FN6O3. The summed E-state index contributed by atoms with van der Waals surface area (Å²) < 4.78 is 20.5. The smallest absolute Gasteiger partial charge is 0.407 e. The van der Waals surface area contributed by atoms with Crippen molar-refractivity contribution in [2.24, 2.45) is 5.73 Å². The number of carbonyl (C=O) groups is 2. The molecule has 2 aromatic heterocycles. The molecule has 0 spiro atoms. The summed E-state index contributed by atoms with van der Waals surface area (Å²) in [6, 6.07) is 8.11. The predicted molar refractivity (Wildman–Crippen MR) is 137 cm³/mol. The average Bonchev–Trinajstić information content (AvgIpc) is 2.81. The molecule has 10 heteroatoms. The van der Waals surface area contributed by atoms with Crippen molar-refractivity contribution in [3.05, 3.63) is 54.1 Å². The Morgan fingerprint density at radius 2 is 1.81 bits per heavy atom. The summed E-state index contributed by atoms with van der Waals surface area (Å²) in [4.78, 5) is 33.1. The van der Waals surface area contributed by atoms with Gasteiger partial charge in [0.25, 0.3) is 5.91 Å². The van der Waals surface area contributed by atoms with Gasteiger partial charge in [0.15, 0.2) is 11.6 Å². The van der Waals surface area contributed by atoms with Gasteiger partial charge in [0.1, 0.15) is 11.4 Å². The number of nitrogens with zero attached hydrogens (tertiary/aromatic N) is 2. The molecule has 0 radical (unpaired) electrons. The minimum absolute atomic E-state index is 0.0430. The van der Waals surface area contributed by atoms with Crippen molar-refractivity contribution >= 4 is 40.1 Å². The number of rotatable bonds is 6. The van der Waals surface area contributed by atoms with Gasteiger partial charge in [-0.25, -0.2) is 14.2 Å². The standard InChI is InChI=1S/C26H31FN6O3/c1-26(2,3)36-25(35)32-20-11-7-6-10-19(20)30-24-18(27)12-17(22(28)34)23(33-24)31-21-14-29-13-15-8-4-5-9-16(15)21/h4-5,8-9,12-14,19-20H,6-7,10-11H2,1-3H3,(H2,28,34)(H,32,35)(H2,30,31,33)/t19-,20+/m0/s1. The topological polar surface area (TPSA) is 131 Å². The maximum Gasteiger partial charge on any atom is 0.407 e. The lowest BCUT2D eigenvalue weighted by atomic mass is 9.90. The SMILES string of the molecule is CC(C)(C)OC(=O)N[C@@H]1CCCC[C@@H]1Nc1nc(Nc2cncc3ccccc23)c(C(N)=O)cc1F. The van der Waals surface area contributed by atoms with Crippen LogP contribution in [-0.2, 0) is 4.74 Å². The Morgan fingerprint density at radius 3 is 2.53 bits per heavy atom. The van der Waals surface area contributed by atoms with Crippen LogP contribution in [0.2, 0.25) is 0 Å². The highest BCUT2D eigenvalue weighted by atomic mass is 19.1. The lowest BCUT2D eigenvalue weighted by Crippen LogP contribution is -2.50. The van der Waals surface area contributed by atoms with Gasteiger partial charge in [-0.15, -0.1) is 0 Å². The maximum absolute atomic E-state index is 15.1. The van der Waals surface area contributed by atoms with E-state index in [2.05, 4.69) is 25.9 Å². The molecule has 9 nitrogen and oxygen atoms in total. The molecule has 0 bridgehead atoms. The summed E-state index contributed by atoms with van der Waals surface area (Å²) in [5, 5.41) is 10.9. The number of hydrogen-bond donors (Lipinski definition) is 4. The van der Waals surface area contributed by atoms with Crippen LogP contribution in [0, 0.1) is 5.82 Å². The van der Waals surface area contributed by atoms with Crippen molar-refractivity contribution < 1.29 is 18.7 Å². The fourth-order valence-corrected chi connectivity index (χ4v) is 4.33. The van der Waals surface area contributed by atoms with Gasteiger partial charge < -0.3 is 26.4 Å². The molecule has 2 atom stereocenters. The number of hydrogen-bond acceptors (Lipinski definition) is 7. The van der Waals surface area contributed by atoms with E-state index < -0.39 is 23.4 Å². The summed E-state index contributed by atoms with van der Waals surface area (Å²) in [5.41, 5.74) is 5.41. The minimum Gasteiger partial charge on any atom is -0.444 e. The number of amides is 2. The minimum atomic E-state index is -0.814. The Balaban J connectivity index is 1.61. The summed E-state index contributed by atoms with van der Waals surface area (Å²) in [7, 11) is 0. The van der Waals surface area contributed by atoms with E-state index in [4.69, 9.17) is 10.5 Å². The molecule has 1 fully saturated rings. The van der Waals surface area contributed by atoms with Crippen molar-refractivity contribution in [3.63, 3.8) is 0 Å². The molecule has 3 aromatic rings. The molecule has 1 aliphatic rings. The van der Waals surface area contributed by atoms with Crippen LogP contribution in [-0.4, -0.2) is 39.7 Å². The Morgan fingerprint density at radius 1 is 1.08 bits per heavy atom. The van der Waals surface area contributed by atoms with Crippen LogP contribution in [0.5, 0.6) is 0 Å². The third-order valence-electron chi connectivity index (χ3n) is 5.95. The van der Waals surface area contributed by atoms with Gasteiger partial charge in [-0.05, 0) is 39.7 Å². The van der Waals surface area contributed by atoms with Crippen LogP contribution in [0.1, 0.15) is 56.8 Å². The lowest BCUT2D eigenvalue weighted by molar-refractivity contribution is 0.0488. The van der Waals surface area contributed by atoms with E-state index in [0.29, 0.717) is 18.5 Å². The molecule has 4 rings (SSSR count).